The van der Waals surface area contributed by atoms with Crippen LogP contribution in [0.3, 0.4) is 0 Å². The van der Waals surface area contributed by atoms with Crippen LogP contribution in [0.5, 0.6) is 0 Å². The van der Waals surface area contributed by atoms with Crippen molar-refractivity contribution in [2.75, 3.05) is 13.1 Å². The van der Waals surface area contributed by atoms with Gasteiger partial charge in [-0.2, -0.15) is 0 Å². The summed E-state index contributed by atoms with van der Waals surface area (Å²) in [5, 5.41) is 3.31. The van der Waals surface area contributed by atoms with Gasteiger partial charge in [0.1, 0.15) is 0 Å². The second-order valence-electron chi connectivity index (χ2n) is 4.56. The maximum Gasteiger partial charge on any atom is 0.218 e. The Kier molecular flexibility index (Phi) is 4.94. The standard InChI is InChI=1S/C11H22N2O/c1-9-3-2-4-10(7-9)8-13-6-5-11(12)14/h9-10,13H,2-8H2,1H3,(H2,12,14). The average Bonchev–Trinajstić information content (AvgIpc) is 2.12. The number of nitrogens with two attached hydrogens (primary N) is 1. The van der Waals surface area contributed by atoms with Crippen molar-refractivity contribution in [2.45, 2.75) is 39.0 Å². The maximum absolute atomic E-state index is 10.5. The molecule has 0 radical (unpaired) electrons. The molecule has 0 spiro atoms. The Balaban J connectivity index is 2.03. The molecule has 1 aliphatic rings. The summed E-state index contributed by atoms with van der Waals surface area (Å²) in [7, 11) is 0. The first-order valence-electron chi connectivity index (χ1n) is 5.67. The zero-order chi connectivity index (χ0) is 10.4. The predicted molar refractivity (Wildman–Crippen MR) is 57.8 cm³/mol. The van der Waals surface area contributed by atoms with E-state index in [1.807, 2.05) is 0 Å². The van der Waals surface area contributed by atoms with Gasteiger partial charge in [-0.15, -0.1) is 0 Å². The molecule has 14 heavy (non-hydrogen) atoms. The number of hydrogen-bond donors (Lipinski definition) is 2. The van der Waals surface area contributed by atoms with Gasteiger partial charge in [0.15, 0.2) is 0 Å². The molecule has 0 aromatic rings. The lowest BCUT2D eigenvalue weighted by atomic mass is 9.82. The lowest BCUT2D eigenvalue weighted by molar-refractivity contribution is -0.117. The Morgan fingerprint density at radius 1 is 1.50 bits per heavy atom. The smallest absolute Gasteiger partial charge is 0.218 e. The normalized spacial score (nSPS) is 27.5. The van der Waals surface area contributed by atoms with Crippen molar-refractivity contribution >= 4 is 5.91 Å². The number of hydrogen-bond acceptors (Lipinski definition) is 2. The summed E-state index contributed by atoms with van der Waals surface area (Å²) in [4.78, 5) is 10.5. The van der Waals surface area contributed by atoms with Gasteiger partial charge in [-0.3, -0.25) is 4.79 Å². The first-order valence-corrected chi connectivity index (χ1v) is 5.67. The van der Waals surface area contributed by atoms with Crippen LogP contribution in [0.1, 0.15) is 39.0 Å². The van der Waals surface area contributed by atoms with E-state index in [1.54, 1.807) is 0 Å². The summed E-state index contributed by atoms with van der Waals surface area (Å²) in [6.45, 7) is 4.12. The molecular formula is C11H22N2O. The van der Waals surface area contributed by atoms with E-state index >= 15 is 0 Å². The molecule has 1 saturated carbocycles. The van der Waals surface area contributed by atoms with Crippen LogP contribution in [0.4, 0.5) is 0 Å². The molecule has 1 rings (SSSR count). The number of carbonyl (C=O) groups is 1. The number of carbonyl (C=O) groups excluding carboxylic acids is 1. The summed E-state index contributed by atoms with van der Waals surface area (Å²) < 4.78 is 0. The molecule has 1 fully saturated rings. The van der Waals surface area contributed by atoms with E-state index in [2.05, 4.69) is 12.2 Å². The van der Waals surface area contributed by atoms with Crippen molar-refractivity contribution in [1.29, 1.82) is 0 Å². The van der Waals surface area contributed by atoms with Crippen LogP contribution in [0, 0.1) is 11.8 Å². The average molecular weight is 198 g/mol. The predicted octanol–water partition coefficient (Wildman–Crippen LogP) is 1.28. The highest BCUT2D eigenvalue weighted by atomic mass is 16.1. The minimum Gasteiger partial charge on any atom is -0.370 e. The zero-order valence-corrected chi connectivity index (χ0v) is 9.09. The van der Waals surface area contributed by atoms with Gasteiger partial charge in [-0.05, 0) is 31.2 Å². The highest BCUT2D eigenvalue weighted by Crippen LogP contribution is 2.27. The third-order valence-corrected chi connectivity index (χ3v) is 3.03. The lowest BCUT2D eigenvalue weighted by Crippen LogP contribution is -2.29. The number of amides is 1. The van der Waals surface area contributed by atoms with Gasteiger partial charge in [-0.1, -0.05) is 19.8 Å². The largest absolute Gasteiger partial charge is 0.370 e. The Labute approximate surface area is 86.4 Å². The molecule has 2 unspecified atom stereocenters. The monoisotopic (exact) mass is 198 g/mol. The van der Waals surface area contributed by atoms with Crippen LogP contribution in [0.15, 0.2) is 0 Å². The first kappa shape index (κ1) is 11.5. The summed E-state index contributed by atoms with van der Waals surface area (Å²) in [6, 6.07) is 0. The van der Waals surface area contributed by atoms with Gasteiger partial charge < -0.3 is 11.1 Å². The van der Waals surface area contributed by atoms with E-state index in [1.165, 1.54) is 25.7 Å². The molecule has 1 aliphatic carbocycles. The second kappa shape index (κ2) is 6.02. The van der Waals surface area contributed by atoms with Gasteiger partial charge in [0.25, 0.3) is 0 Å². The third kappa shape index (κ3) is 4.61. The zero-order valence-electron chi connectivity index (χ0n) is 9.09. The van der Waals surface area contributed by atoms with Gasteiger partial charge in [-0.25, -0.2) is 0 Å². The Hall–Kier alpha value is -0.570. The summed E-state index contributed by atoms with van der Waals surface area (Å²) >= 11 is 0. The Morgan fingerprint density at radius 3 is 2.93 bits per heavy atom. The molecular weight excluding hydrogens is 176 g/mol. The van der Waals surface area contributed by atoms with Crippen LogP contribution in [-0.2, 0) is 4.79 Å². The molecule has 3 heteroatoms. The molecule has 0 aliphatic heterocycles. The van der Waals surface area contributed by atoms with Gasteiger partial charge >= 0.3 is 0 Å². The summed E-state index contributed by atoms with van der Waals surface area (Å²) in [5.41, 5.74) is 5.05. The highest BCUT2D eigenvalue weighted by molar-refractivity contribution is 5.73. The van der Waals surface area contributed by atoms with Crippen LogP contribution in [0.25, 0.3) is 0 Å². The minimum absolute atomic E-state index is 0.213. The molecule has 0 aromatic heterocycles. The van der Waals surface area contributed by atoms with Crippen molar-refractivity contribution < 1.29 is 4.79 Å². The van der Waals surface area contributed by atoms with E-state index in [9.17, 15) is 4.79 Å². The van der Waals surface area contributed by atoms with Crippen LogP contribution >= 0.6 is 0 Å². The van der Waals surface area contributed by atoms with Crippen LogP contribution < -0.4 is 11.1 Å². The summed E-state index contributed by atoms with van der Waals surface area (Å²) in [5.74, 6) is 1.48. The minimum atomic E-state index is -0.213. The van der Waals surface area contributed by atoms with E-state index in [4.69, 9.17) is 5.73 Å². The molecule has 0 saturated heterocycles. The van der Waals surface area contributed by atoms with Crippen molar-refractivity contribution in [3.05, 3.63) is 0 Å². The van der Waals surface area contributed by atoms with Gasteiger partial charge in [0.05, 0.1) is 0 Å². The van der Waals surface area contributed by atoms with E-state index in [0.29, 0.717) is 6.42 Å². The molecule has 0 aromatic carbocycles. The molecule has 3 N–H and O–H groups in total. The first-order chi connectivity index (χ1) is 6.68. The van der Waals surface area contributed by atoms with E-state index < -0.39 is 0 Å². The Bertz CT molecular complexity index is 182. The second-order valence-corrected chi connectivity index (χ2v) is 4.56. The van der Waals surface area contributed by atoms with Crippen molar-refractivity contribution in [3.63, 3.8) is 0 Å². The van der Waals surface area contributed by atoms with Crippen LogP contribution in [-0.4, -0.2) is 19.0 Å². The molecule has 1 amide bonds. The Morgan fingerprint density at radius 2 is 2.29 bits per heavy atom. The van der Waals surface area contributed by atoms with Gasteiger partial charge in [0.2, 0.25) is 5.91 Å². The maximum atomic E-state index is 10.5. The molecule has 0 heterocycles. The summed E-state index contributed by atoms with van der Waals surface area (Å²) in [6.07, 6.45) is 5.89. The van der Waals surface area contributed by atoms with Crippen molar-refractivity contribution in [2.24, 2.45) is 17.6 Å². The fourth-order valence-electron chi connectivity index (χ4n) is 2.26. The number of rotatable bonds is 5. The van der Waals surface area contributed by atoms with Crippen molar-refractivity contribution in [3.8, 4) is 0 Å². The molecule has 3 nitrogen and oxygen atoms in total. The fraction of sp³-hybridized carbons (Fsp3) is 0.909. The quantitative estimate of drug-likeness (QED) is 0.654. The topological polar surface area (TPSA) is 55.1 Å². The van der Waals surface area contributed by atoms with Crippen LogP contribution in [0.2, 0.25) is 0 Å². The third-order valence-electron chi connectivity index (χ3n) is 3.03. The van der Waals surface area contributed by atoms with Crippen molar-refractivity contribution in [1.82, 2.24) is 5.32 Å². The highest BCUT2D eigenvalue weighted by Gasteiger charge is 2.17. The SMILES string of the molecule is CC1CCCC(CNCCC(N)=O)C1. The molecule has 82 valence electrons. The van der Waals surface area contributed by atoms with E-state index in [-0.39, 0.29) is 5.91 Å². The number of nitrogens with one attached hydrogen (secondary N) is 1. The van der Waals surface area contributed by atoms with E-state index in [0.717, 1.165) is 24.9 Å². The fourth-order valence-corrected chi connectivity index (χ4v) is 2.26. The number of primary amides is 1. The van der Waals surface area contributed by atoms with Gasteiger partial charge in [0, 0.05) is 13.0 Å². The lowest BCUT2D eigenvalue weighted by Gasteiger charge is -2.26. The molecule has 2 atom stereocenters. The molecule has 0 bridgehead atoms.